The van der Waals surface area contributed by atoms with Crippen molar-refractivity contribution in [2.75, 3.05) is 5.73 Å². The number of nitrogen functional groups attached to an aromatic ring is 1. The predicted molar refractivity (Wildman–Crippen MR) is 83.0 cm³/mol. The van der Waals surface area contributed by atoms with Crippen molar-refractivity contribution in [3.05, 3.63) is 44.7 Å². The average molecular weight is 349 g/mol. The Morgan fingerprint density at radius 2 is 2.14 bits per heavy atom. The molecule has 0 aliphatic carbocycles. The second kappa shape index (κ2) is 4.96. The maximum atomic E-state index is 12.1. The number of nitrogens with zero attached hydrogens (tertiary/aromatic N) is 5. The maximum Gasteiger partial charge on any atom is 0.253 e. The minimum absolute atomic E-state index is 0.0783. The number of aryl methyl sites for hydroxylation is 2. The molecule has 0 aliphatic heterocycles. The lowest BCUT2D eigenvalue weighted by Crippen LogP contribution is -2.23. The fraction of sp³-hybridized carbons (Fsp3) is 0.231. The van der Waals surface area contributed by atoms with Crippen LogP contribution in [0.15, 0.2) is 27.7 Å². The van der Waals surface area contributed by atoms with Crippen LogP contribution in [0, 0.1) is 6.92 Å². The molecular formula is C13H13BrN6O. The third-order valence-corrected chi connectivity index (χ3v) is 3.65. The summed E-state index contributed by atoms with van der Waals surface area (Å²) in [5.41, 5.74) is 7.14. The van der Waals surface area contributed by atoms with Crippen LogP contribution in [-0.4, -0.2) is 24.3 Å². The van der Waals surface area contributed by atoms with E-state index < -0.39 is 0 Å². The number of hydrogen-bond acceptors (Lipinski definition) is 5. The smallest absolute Gasteiger partial charge is 0.253 e. The summed E-state index contributed by atoms with van der Waals surface area (Å²) in [7, 11) is 1.79. The van der Waals surface area contributed by atoms with Gasteiger partial charge in [-0.05, 0) is 28.9 Å². The van der Waals surface area contributed by atoms with Gasteiger partial charge in [0, 0.05) is 23.3 Å². The van der Waals surface area contributed by atoms with Gasteiger partial charge in [0.25, 0.3) is 5.56 Å². The summed E-state index contributed by atoms with van der Waals surface area (Å²) >= 11 is 3.38. The summed E-state index contributed by atoms with van der Waals surface area (Å²) in [6.07, 6.45) is 3.34. The molecule has 0 bridgehead atoms. The Bertz CT molecular complexity index is 898. The largest absolute Gasteiger partial charge is 0.383 e. The van der Waals surface area contributed by atoms with Gasteiger partial charge in [0.15, 0.2) is 11.5 Å². The number of nitrogens with two attached hydrogens (primary N) is 1. The molecule has 0 amide bonds. The molecule has 0 spiro atoms. The van der Waals surface area contributed by atoms with E-state index >= 15 is 0 Å². The molecule has 3 heterocycles. The first-order valence-electron chi connectivity index (χ1n) is 6.26. The molecule has 7 nitrogen and oxygen atoms in total. The molecular weight excluding hydrogens is 336 g/mol. The molecule has 0 saturated heterocycles. The first-order valence-corrected chi connectivity index (χ1v) is 7.05. The molecule has 3 rings (SSSR count). The van der Waals surface area contributed by atoms with Gasteiger partial charge >= 0.3 is 0 Å². The monoisotopic (exact) mass is 348 g/mol. The third kappa shape index (κ3) is 2.42. The molecule has 21 heavy (non-hydrogen) atoms. The van der Waals surface area contributed by atoms with Crippen molar-refractivity contribution < 1.29 is 0 Å². The number of rotatable bonds is 2. The lowest BCUT2D eigenvalue weighted by Gasteiger charge is -2.08. The lowest BCUT2D eigenvalue weighted by molar-refractivity contribution is 0.705. The Morgan fingerprint density at radius 3 is 2.90 bits per heavy atom. The molecule has 3 aromatic heterocycles. The summed E-state index contributed by atoms with van der Waals surface area (Å²) in [6, 6.07) is 1.78. The van der Waals surface area contributed by atoms with Gasteiger partial charge in [-0.15, -0.1) is 0 Å². The van der Waals surface area contributed by atoms with Gasteiger partial charge < -0.3 is 10.3 Å². The quantitative estimate of drug-likeness (QED) is 0.751. The van der Waals surface area contributed by atoms with Crippen molar-refractivity contribution >= 4 is 32.8 Å². The van der Waals surface area contributed by atoms with E-state index in [4.69, 9.17) is 5.73 Å². The van der Waals surface area contributed by atoms with Crippen LogP contribution in [0.4, 0.5) is 5.82 Å². The standard InChI is InChI=1S/C13H13BrN6O/c1-7-3-8(14)5-20(13(7)21)6-10-17-11(15)9-4-16-19(2)12(9)18-10/h3-5H,6H2,1-2H3,(H2,15,17,18). The minimum atomic E-state index is -0.0783. The normalized spacial score (nSPS) is 11.2. The minimum Gasteiger partial charge on any atom is -0.383 e. The molecule has 0 saturated carbocycles. The van der Waals surface area contributed by atoms with Crippen LogP contribution < -0.4 is 11.3 Å². The fourth-order valence-electron chi connectivity index (χ4n) is 2.17. The van der Waals surface area contributed by atoms with Gasteiger partial charge in [-0.2, -0.15) is 5.10 Å². The van der Waals surface area contributed by atoms with Crippen LogP contribution in [0.2, 0.25) is 0 Å². The van der Waals surface area contributed by atoms with E-state index in [2.05, 4.69) is 31.0 Å². The van der Waals surface area contributed by atoms with E-state index in [1.54, 1.807) is 41.7 Å². The highest BCUT2D eigenvalue weighted by Crippen LogP contribution is 2.17. The van der Waals surface area contributed by atoms with Gasteiger partial charge in [0.2, 0.25) is 0 Å². The predicted octanol–water partition coefficient (Wildman–Crippen LogP) is 1.23. The zero-order valence-electron chi connectivity index (χ0n) is 11.5. The number of fused-ring (bicyclic) bond motifs is 1. The maximum absolute atomic E-state index is 12.1. The van der Waals surface area contributed by atoms with Crippen LogP contribution in [0.25, 0.3) is 11.0 Å². The van der Waals surface area contributed by atoms with Crippen LogP contribution in [0.3, 0.4) is 0 Å². The second-order valence-electron chi connectivity index (χ2n) is 4.80. The highest BCUT2D eigenvalue weighted by atomic mass is 79.9. The first-order chi connectivity index (χ1) is 9.95. The molecule has 2 N–H and O–H groups in total. The summed E-state index contributed by atoms with van der Waals surface area (Å²) < 4.78 is 4.01. The molecule has 0 aromatic carbocycles. The van der Waals surface area contributed by atoms with Crippen molar-refractivity contribution in [2.45, 2.75) is 13.5 Å². The van der Waals surface area contributed by atoms with E-state index in [-0.39, 0.29) is 12.1 Å². The van der Waals surface area contributed by atoms with Gasteiger partial charge in [0.05, 0.1) is 18.1 Å². The first kappa shape index (κ1) is 13.7. The summed E-state index contributed by atoms with van der Waals surface area (Å²) in [5, 5.41) is 4.82. The van der Waals surface area contributed by atoms with E-state index in [1.807, 2.05) is 0 Å². The number of pyridine rings is 1. The Hall–Kier alpha value is -2.22. The molecule has 0 fully saturated rings. The summed E-state index contributed by atoms with van der Waals surface area (Å²) in [4.78, 5) is 20.8. The Kier molecular flexibility index (Phi) is 3.25. The highest BCUT2D eigenvalue weighted by Gasteiger charge is 2.11. The van der Waals surface area contributed by atoms with E-state index in [9.17, 15) is 4.79 Å². The van der Waals surface area contributed by atoms with E-state index in [0.29, 0.717) is 28.2 Å². The summed E-state index contributed by atoms with van der Waals surface area (Å²) in [6.45, 7) is 2.02. The topological polar surface area (TPSA) is 91.6 Å². The van der Waals surface area contributed by atoms with Gasteiger partial charge in [0.1, 0.15) is 5.82 Å². The number of anilines is 1. The van der Waals surface area contributed by atoms with Crippen molar-refractivity contribution in [1.82, 2.24) is 24.3 Å². The number of aromatic nitrogens is 5. The average Bonchev–Trinajstić information content (AvgIpc) is 2.78. The van der Waals surface area contributed by atoms with Gasteiger partial charge in [-0.1, -0.05) is 0 Å². The zero-order valence-corrected chi connectivity index (χ0v) is 13.1. The van der Waals surface area contributed by atoms with Gasteiger partial charge in [-0.25, -0.2) is 9.97 Å². The van der Waals surface area contributed by atoms with Crippen molar-refractivity contribution in [1.29, 1.82) is 0 Å². The molecule has 8 heteroatoms. The Labute approximate surface area is 128 Å². The number of halogens is 1. The molecule has 0 unspecified atom stereocenters. The molecule has 0 radical (unpaired) electrons. The zero-order chi connectivity index (χ0) is 15.1. The number of hydrogen-bond donors (Lipinski definition) is 1. The molecule has 3 aromatic rings. The van der Waals surface area contributed by atoms with E-state index in [0.717, 1.165) is 4.47 Å². The molecule has 108 valence electrons. The fourth-order valence-corrected chi connectivity index (χ4v) is 2.76. The van der Waals surface area contributed by atoms with Crippen LogP contribution >= 0.6 is 15.9 Å². The van der Waals surface area contributed by atoms with Crippen molar-refractivity contribution in [3.8, 4) is 0 Å². The van der Waals surface area contributed by atoms with Crippen LogP contribution in [-0.2, 0) is 13.6 Å². The van der Waals surface area contributed by atoms with Gasteiger partial charge in [-0.3, -0.25) is 9.48 Å². The Balaban J connectivity index is 2.10. The van der Waals surface area contributed by atoms with Crippen molar-refractivity contribution in [3.63, 3.8) is 0 Å². The van der Waals surface area contributed by atoms with Crippen LogP contribution in [0.1, 0.15) is 11.4 Å². The lowest BCUT2D eigenvalue weighted by atomic mass is 10.3. The molecule has 0 aliphatic rings. The third-order valence-electron chi connectivity index (χ3n) is 3.21. The van der Waals surface area contributed by atoms with Crippen LogP contribution in [0.5, 0.6) is 0 Å². The second-order valence-corrected chi connectivity index (χ2v) is 5.72. The highest BCUT2D eigenvalue weighted by molar-refractivity contribution is 9.10. The van der Waals surface area contributed by atoms with E-state index in [1.165, 1.54) is 0 Å². The van der Waals surface area contributed by atoms with Crippen molar-refractivity contribution in [2.24, 2.45) is 7.05 Å². The molecule has 0 atom stereocenters. The summed E-state index contributed by atoms with van der Waals surface area (Å²) in [5.74, 6) is 0.839. The Morgan fingerprint density at radius 1 is 1.38 bits per heavy atom. The SMILES string of the molecule is Cc1cc(Br)cn(Cc2nc(N)c3cnn(C)c3n2)c1=O.